The van der Waals surface area contributed by atoms with Crippen molar-refractivity contribution >= 4 is 26.9 Å². The Kier molecular flexibility index (Phi) is 4.31. The molecule has 2 heterocycles. The highest BCUT2D eigenvalue weighted by Gasteiger charge is 2.26. The van der Waals surface area contributed by atoms with Crippen LogP contribution < -0.4 is 10.0 Å². The molecule has 0 aliphatic carbocycles. The van der Waals surface area contributed by atoms with E-state index in [1.807, 2.05) is 54.6 Å². The third kappa shape index (κ3) is 3.26. The molecule has 0 amide bonds. The Morgan fingerprint density at radius 1 is 0.846 bits per heavy atom. The minimum absolute atomic E-state index is 0.345. The van der Waals surface area contributed by atoms with E-state index >= 15 is 0 Å². The Morgan fingerprint density at radius 3 is 2.19 bits per heavy atom. The number of hydrogen-bond donors (Lipinski definition) is 1. The molecular weight excluding hydrogens is 350 g/mol. The Hall–Kier alpha value is -2.55. The van der Waals surface area contributed by atoms with Crippen LogP contribution in [0.1, 0.15) is 0 Å². The average Bonchev–Trinajstić information content (AvgIpc) is 2.67. The van der Waals surface area contributed by atoms with Crippen molar-refractivity contribution in [2.45, 2.75) is 0 Å². The maximum Gasteiger partial charge on any atom is 0.277 e. The molecule has 2 aromatic carbocycles. The van der Waals surface area contributed by atoms with Gasteiger partial charge in [-0.05, 0) is 12.1 Å². The average molecular weight is 369 g/mol. The van der Waals surface area contributed by atoms with Crippen molar-refractivity contribution in [3.05, 3.63) is 54.6 Å². The van der Waals surface area contributed by atoms with Gasteiger partial charge in [0.2, 0.25) is 0 Å². The third-order valence-corrected chi connectivity index (χ3v) is 5.60. The number of piperazine rings is 1. The summed E-state index contributed by atoms with van der Waals surface area (Å²) in [7, 11) is -3.65. The molecular formula is C18H19N5O2S. The van der Waals surface area contributed by atoms with Gasteiger partial charge in [0.15, 0.2) is 5.82 Å². The number of benzene rings is 2. The van der Waals surface area contributed by atoms with E-state index in [0.717, 1.165) is 22.3 Å². The molecule has 7 nitrogen and oxygen atoms in total. The molecule has 8 heteroatoms. The molecule has 0 unspecified atom stereocenters. The zero-order valence-corrected chi connectivity index (χ0v) is 14.9. The predicted octanol–water partition coefficient (Wildman–Crippen LogP) is 1.62. The highest BCUT2D eigenvalue weighted by Crippen LogP contribution is 2.28. The van der Waals surface area contributed by atoms with E-state index in [9.17, 15) is 8.42 Å². The van der Waals surface area contributed by atoms with Crippen molar-refractivity contribution in [2.24, 2.45) is 5.14 Å². The highest BCUT2D eigenvalue weighted by atomic mass is 32.2. The van der Waals surface area contributed by atoms with Crippen LogP contribution in [0.5, 0.6) is 0 Å². The van der Waals surface area contributed by atoms with Crippen LogP contribution in [0.4, 0.5) is 5.82 Å². The number of anilines is 1. The van der Waals surface area contributed by atoms with Crippen LogP contribution in [0, 0.1) is 0 Å². The lowest BCUT2D eigenvalue weighted by molar-refractivity contribution is 0.385. The first-order valence-corrected chi connectivity index (χ1v) is 9.88. The molecule has 0 radical (unpaired) electrons. The normalized spacial score (nSPS) is 16.1. The van der Waals surface area contributed by atoms with Gasteiger partial charge in [-0.15, -0.1) is 0 Å². The second-order valence-electron chi connectivity index (χ2n) is 6.19. The van der Waals surface area contributed by atoms with Crippen molar-refractivity contribution in [3.63, 3.8) is 0 Å². The summed E-state index contributed by atoms with van der Waals surface area (Å²) < 4.78 is 24.4. The van der Waals surface area contributed by atoms with Crippen LogP contribution in [0.2, 0.25) is 0 Å². The van der Waals surface area contributed by atoms with Gasteiger partial charge in [0, 0.05) is 37.1 Å². The third-order valence-electron chi connectivity index (χ3n) is 4.51. The number of aromatic nitrogens is 2. The summed E-state index contributed by atoms with van der Waals surface area (Å²) in [5.41, 5.74) is 1.81. The van der Waals surface area contributed by atoms with Gasteiger partial charge in [-0.1, -0.05) is 42.5 Å². The van der Waals surface area contributed by atoms with Gasteiger partial charge in [-0.2, -0.15) is 12.7 Å². The van der Waals surface area contributed by atoms with E-state index < -0.39 is 10.2 Å². The van der Waals surface area contributed by atoms with Gasteiger partial charge in [0.05, 0.1) is 5.52 Å². The lowest BCUT2D eigenvalue weighted by atomic mass is 10.1. The van der Waals surface area contributed by atoms with E-state index in [4.69, 9.17) is 15.1 Å². The summed E-state index contributed by atoms with van der Waals surface area (Å²) in [6, 6.07) is 17.7. The second kappa shape index (κ2) is 6.64. The maximum atomic E-state index is 11.5. The summed E-state index contributed by atoms with van der Waals surface area (Å²) in [5.74, 6) is 1.48. The van der Waals surface area contributed by atoms with Crippen molar-refractivity contribution in [1.82, 2.24) is 14.3 Å². The van der Waals surface area contributed by atoms with E-state index in [1.54, 1.807) is 0 Å². The lowest BCUT2D eigenvalue weighted by Crippen LogP contribution is -2.51. The largest absolute Gasteiger partial charge is 0.353 e. The van der Waals surface area contributed by atoms with Crippen molar-refractivity contribution in [3.8, 4) is 11.4 Å². The highest BCUT2D eigenvalue weighted by molar-refractivity contribution is 7.86. The van der Waals surface area contributed by atoms with Crippen LogP contribution >= 0.6 is 0 Å². The van der Waals surface area contributed by atoms with Crippen LogP contribution in [0.15, 0.2) is 54.6 Å². The minimum Gasteiger partial charge on any atom is -0.353 e. The second-order valence-corrected chi connectivity index (χ2v) is 7.73. The van der Waals surface area contributed by atoms with Gasteiger partial charge in [-0.3, -0.25) is 0 Å². The number of fused-ring (bicyclic) bond motifs is 1. The Morgan fingerprint density at radius 2 is 1.50 bits per heavy atom. The quantitative estimate of drug-likeness (QED) is 0.757. The summed E-state index contributed by atoms with van der Waals surface area (Å²) >= 11 is 0. The molecule has 0 bridgehead atoms. The van der Waals surface area contributed by atoms with Gasteiger partial charge >= 0.3 is 0 Å². The van der Waals surface area contributed by atoms with E-state index in [-0.39, 0.29) is 0 Å². The van der Waals surface area contributed by atoms with Gasteiger partial charge in [0.25, 0.3) is 10.2 Å². The van der Waals surface area contributed by atoms with Crippen LogP contribution in [0.3, 0.4) is 0 Å². The van der Waals surface area contributed by atoms with E-state index in [2.05, 4.69) is 4.90 Å². The number of nitrogens with two attached hydrogens (primary N) is 1. The molecule has 2 N–H and O–H groups in total. The fourth-order valence-electron chi connectivity index (χ4n) is 3.17. The molecule has 1 aliphatic rings. The zero-order valence-electron chi connectivity index (χ0n) is 14.1. The first-order valence-electron chi connectivity index (χ1n) is 8.37. The summed E-state index contributed by atoms with van der Waals surface area (Å²) in [6.07, 6.45) is 0. The summed E-state index contributed by atoms with van der Waals surface area (Å²) in [4.78, 5) is 11.6. The Bertz CT molecular complexity index is 1030. The van der Waals surface area contributed by atoms with E-state index in [0.29, 0.717) is 32.0 Å². The Balaban J connectivity index is 1.75. The summed E-state index contributed by atoms with van der Waals surface area (Å²) in [5, 5.41) is 6.19. The molecule has 0 atom stereocenters. The van der Waals surface area contributed by atoms with Crippen LogP contribution in [-0.4, -0.2) is 48.9 Å². The fourth-order valence-corrected chi connectivity index (χ4v) is 3.84. The number of para-hydroxylation sites is 1. The fraction of sp³-hybridized carbons (Fsp3) is 0.222. The molecule has 1 aromatic heterocycles. The van der Waals surface area contributed by atoms with Crippen molar-refractivity contribution < 1.29 is 8.42 Å². The topological polar surface area (TPSA) is 92.4 Å². The number of nitrogens with zero attached hydrogens (tertiary/aromatic N) is 4. The first kappa shape index (κ1) is 16.9. The van der Waals surface area contributed by atoms with Crippen molar-refractivity contribution in [1.29, 1.82) is 0 Å². The molecule has 1 fully saturated rings. The molecule has 1 saturated heterocycles. The maximum absolute atomic E-state index is 11.5. The molecule has 4 rings (SSSR count). The van der Waals surface area contributed by atoms with Crippen LogP contribution in [0.25, 0.3) is 22.3 Å². The first-order chi connectivity index (χ1) is 12.5. The number of rotatable bonds is 3. The lowest BCUT2D eigenvalue weighted by Gasteiger charge is -2.34. The van der Waals surface area contributed by atoms with Crippen LogP contribution in [-0.2, 0) is 10.2 Å². The predicted molar refractivity (Wildman–Crippen MR) is 102 cm³/mol. The van der Waals surface area contributed by atoms with Gasteiger partial charge in [-0.25, -0.2) is 15.1 Å². The molecule has 26 heavy (non-hydrogen) atoms. The molecule has 134 valence electrons. The standard InChI is InChI=1S/C18H19N5O2S/c19-26(24,25)23-12-10-22(11-13-23)18-15-8-4-5-9-16(15)20-17(21-18)14-6-2-1-3-7-14/h1-9H,10-13H2,(H2,19,24,25). The van der Waals surface area contributed by atoms with Crippen molar-refractivity contribution in [2.75, 3.05) is 31.1 Å². The molecule has 3 aromatic rings. The SMILES string of the molecule is NS(=O)(=O)N1CCN(c2nc(-c3ccccc3)nc3ccccc23)CC1. The monoisotopic (exact) mass is 369 g/mol. The minimum atomic E-state index is -3.65. The zero-order chi connectivity index (χ0) is 18.1. The smallest absolute Gasteiger partial charge is 0.277 e. The Labute approximate surface area is 152 Å². The molecule has 1 aliphatic heterocycles. The van der Waals surface area contributed by atoms with E-state index in [1.165, 1.54) is 4.31 Å². The molecule has 0 spiro atoms. The molecule has 0 saturated carbocycles. The summed E-state index contributed by atoms with van der Waals surface area (Å²) in [6.45, 7) is 1.76. The number of hydrogen-bond acceptors (Lipinski definition) is 5. The van der Waals surface area contributed by atoms with Gasteiger partial charge in [0.1, 0.15) is 5.82 Å². The van der Waals surface area contributed by atoms with Gasteiger partial charge < -0.3 is 4.90 Å².